The number of alkyl halides is 3. The van der Waals surface area contributed by atoms with Crippen LogP contribution in [0.3, 0.4) is 0 Å². The van der Waals surface area contributed by atoms with Crippen LogP contribution in [0.15, 0.2) is 36.7 Å². The third-order valence-corrected chi connectivity index (χ3v) is 3.87. The van der Waals surface area contributed by atoms with Crippen molar-refractivity contribution < 1.29 is 13.2 Å². The lowest BCUT2D eigenvalue weighted by molar-refractivity contribution is -0.137. The fraction of sp³-hybridized carbons (Fsp3) is 0.312. The summed E-state index contributed by atoms with van der Waals surface area (Å²) in [6.45, 7) is 2.42. The second kappa shape index (κ2) is 6.84. The molecule has 0 saturated carbocycles. The highest BCUT2D eigenvalue weighted by Gasteiger charge is 2.30. The van der Waals surface area contributed by atoms with Crippen LogP contribution in [0.5, 0.6) is 0 Å². The lowest BCUT2D eigenvalue weighted by Gasteiger charge is -2.33. The predicted molar refractivity (Wildman–Crippen MR) is 86.2 cm³/mol. The Labute approximate surface area is 142 Å². The third kappa shape index (κ3) is 3.91. The topological polar surface area (TPSA) is 68.1 Å². The van der Waals surface area contributed by atoms with Crippen LogP contribution in [0.4, 0.5) is 30.5 Å². The number of nitrogens with zero attached hydrogens (tertiary/aromatic N) is 5. The smallest absolute Gasteiger partial charge is 0.350 e. The van der Waals surface area contributed by atoms with E-state index in [1.165, 1.54) is 18.3 Å². The molecule has 1 aromatic carbocycles. The number of hydrogen-bond acceptors (Lipinski definition) is 6. The second-order valence-electron chi connectivity index (χ2n) is 5.50. The number of anilines is 3. The molecule has 130 valence electrons. The van der Waals surface area contributed by atoms with Gasteiger partial charge in [-0.15, -0.1) is 0 Å². The molecule has 9 heteroatoms. The average Bonchev–Trinajstić information content (AvgIpc) is 2.62. The van der Waals surface area contributed by atoms with Gasteiger partial charge in [-0.3, -0.25) is 0 Å². The SMILES string of the molecule is N#CN1CCN(c2nccnc2Nc2ccc(C(F)(F)F)cc2)CC1. The lowest BCUT2D eigenvalue weighted by atomic mass is 10.2. The van der Waals surface area contributed by atoms with Crippen LogP contribution < -0.4 is 10.2 Å². The minimum Gasteiger partial charge on any atom is -0.350 e. The van der Waals surface area contributed by atoms with Crippen molar-refractivity contribution in [3.05, 3.63) is 42.2 Å². The van der Waals surface area contributed by atoms with Crippen molar-refractivity contribution in [2.75, 3.05) is 36.4 Å². The van der Waals surface area contributed by atoms with Gasteiger partial charge in [0, 0.05) is 44.3 Å². The minimum atomic E-state index is -4.36. The molecule has 0 amide bonds. The normalized spacial score (nSPS) is 15.0. The van der Waals surface area contributed by atoms with Gasteiger partial charge in [-0.05, 0) is 24.3 Å². The van der Waals surface area contributed by atoms with Gasteiger partial charge in [-0.1, -0.05) is 0 Å². The van der Waals surface area contributed by atoms with Gasteiger partial charge in [-0.25, -0.2) is 9.97 Å². The van der Waals surface area contributed by atoms with Crippen LogP contribution in [0, 0.1) is 11.5 Å². The van der Waals surface area contributed by atoms with Crippen molar-refractivity contribution in [2.45, 2.75) is 6.18 Å². The Morgan fingerprint density at radius 2 is 1.64 bits per heavy atom. The summed E-state index contributed by atoms with van der Waals surface area (Å²) in [6, 6.07) is 4.75. The van der Waals surface area contributed by atoms with E-state index >= 15 is 0 Å². The predicted octanol–water partition coefficient (Wildman–Crippen LogP) is 2.84. The molecule has 0 aliphatic carbocycles. The zero-order chi connectivity index (χ0) is 17.9. The molecule has 0 spiro atoms. The number of piperazine rings is 1. The molecule has 1 saturated heterocycles. The van der Waals surface area contributed by atoms with Gasteiger partial charge in [0.05, 0.1) is 5.56 Å². The van der Waals surface area contributed by atoms with Crippen molar-refractivity contribution in [3.8, 4) is 6.19 Å². The zero-order valence-corrected chi connectivity index (χ0v) is 13.2. The number of benzene rings is 1. The summed E-state index contributed by atoms with van der Waals surface area (Å²) in [4.78, 5) is 12.2. The largest absolute Gasteiger partial charge is 0.416 e. The highest BCUT2D eigenvalue weighted by atomic mass is 19.4. The van der Waals surface area contributed by atoms with Gasteiger partial charge in [0.15, 0.2) is 17.8 Å². The van der Waals surface area contributed by atoms with Crippen LogP contribution in [0.25, 0.3) is 0 Å². The molecule has 0 atom stereocenters. The van der Waals surface area contributed by atoms with E-state index in [2.05, 4.69) is 21.5 Å². The molecule has 1 fully saturated rings. The van der Waals surface area contributed by atoms with Crippen LogP contribution in [0.2, 0.25) is 0 Å². The number of halogens is 3. The Balaban J connectivity index is 1.77. The third-order valence-electron chi connectivity index (χ3n) is 3.87. The molecule has 1 aliphatic rings. The molecule has 6 nitrogen and oxygen atoms in total. The summed E-state index contributed by atoms with van der Waals surface area (Å²) in [5.41, 5.74) is -0.213. The maximum Gasteiger partial charge on any atom is 0.416 e. The molecule has 0 unspecified atom stereocenters. The van der Waals surface area contributed by atoms with Crippen molar-refractivity contribution in [2.24, 2.45) is 0 Å². The van der Waals surface area contributed by atoms with E-state index in [-0.39, 0.29) is 0 Å². The Morgan fingerprint density at radius 3 is 2.24 bits per heavy atom. The van der Waals surface area contributed by atoms with Gasteiger partial charge >= 0.3 is 6.18 Å². The van der Waals surface area contributed by atoms with Crippen LogP contribution >= 0.6 is 0 Å². The van der Waals surface area contributed by atoms with Crippen LogP contribution in [0.1, 0.15) is 5.56 Å². The maximum atomic E-state index is 12.6. The Bertz CT molecular complexity index is 761. The summed E-state index contributed by atoms with van der Waals surface area (Å²) in [5, 5.41) is 11.9. The summed E-state index contributed by atoms with van der Waals surface area (Å²) in [7, 11) is 0. The molecule has 25 heavy (non-hydrogen) atoms. The van der Waals surface area contributed by atoms with Gasteiger partial charge < -0.3 is 15.1 Å². The molecule has 0 radical (unpaired) electrons. The van der Waals surface area contributed by atoms with Crippen molar-refractivity contribution >= 4 is 17.3 Å². The first-order valence-corrected chi connectivity index (χ1v) is 7.62. The standard InChI is InChI=1S/C16H15F3N6/c17-16(18,19)12-1-3-13(4-2-12)23-14-15(22-6-5-21-14)25-9-7-24(11-20)8-10-25/h1-6H,7-10H2,(H,21,23). The first kappa shape index (κ1) is 16.8. The monoisotopic (exact) mass is 348 g/mol. The first-order valence-electron chi connectivity index (χ1n) is 7.62. The van der Waals surface area contributed by atoms with Gasteiger partial charge in [0.1, 0.15) is 0 Å². The lowest BCUT2D eigenvalue weighted by Crippen LogP contribution is -2.44. The molecule has 0 bridgehead atoms. The summed E-state index contributed by atoms with van der Waals surface area (Å²) in [6.07, 6.45) is 0.821. The highest BCUT2D eigenvalue weighted by molar-refractivity contribution is 5.68. The van der Waals surface area contributed by atoms with E-state index in [1.54, 1.807) is 11.1 Å². The second-order valence-corrected chi connectivity index (χ2v) is 5.50. The summed E-state index contributed by atoms with van der Waals surface area (Å²) >= 11 is 0. The van der Waals surface area contributed by atoms with Gasteiger partial charge in [0.2, 0.25) is 0 Å². The molecule has 3 rings (SSSR count). The van der Waals surface area contributed by atoms with Crippen molar-refractivity contribution in [1.82, 2.24) is 14.9 Å². The van der Waals surface area contributed by atoms with E-state index < -0.39 is 11.7 Å². The number of aromatic nitrogens is 2. The van der Waals surface area contributed by atoms with E-state index in [9.17, 15) is 13.2 Å². The average molecular weight is 348 g/mol. The van der Waals surface area contributed by atoms with E-state index in [4.69, 9.17) is 5.26 Å². The van der Waals surface area contributed by atoms with Gasteiger partial charge in [-0.2, -0.15) is 18.4 Å². The zero-order valence-electron chi connectivity index (χ0n) is 13.2. The Hall–Kier alpha value is -3.02. The van der Waals surface area contributed by atoms with Crippen molar-refractivity contribution in [3.63, 3.8) is 0 Å². The molecular formula is C16H15F3N6. The summed E-state index contributed by atoms with van der Waals surface area (Å²) in [5.74, 6) is 1.08. The molecule has 1 aromatic heterocycles. The van der Waals surface area contributed by atoms with E-state index in [1.807, 2.05) is 4.90 Å². The number of rotatable bonds is 3. The first-order chi connectivity index (χ1) is 12.0. The number of hydrogen-bond donors (Lipinski definition) is 1. The molecule has 1 N–H and O–H groups in total. The Kier molecular flexibility index (Phi) is 4.61. The number of nitrogens with one attached hydrogen (secondary N) is 1. The molecule has 1 aliphatic heterocycles. The fourth-order valence-electron chi connectivity index (χ4n) is 2.55. The van der Waals surface area contributed by atoms with Gasteiger partial charge in [0.25, 0.3) is 0 Å². The fourth-order valence-corrected chi connectivity index (χ4v) is 2.55. The Morgan fingerprint density at radius 1 is 1.00 bits per heavy atom. The number of nitriles is 1. The molecular weight excluding hydrogens is 333 g/mol. The highest BCUT2D eigenvalue weighted by Crippen LogP contribution is 2.31. The maximum absolute atomic E-state index is 12.6. The van der Waals surface area contributed by atoms with Crippen LogP contribution in [-0.4, -0.2) is 41.0 Å². The van der Waals surface area contributed by atoms with Crippen LogP contribution in [-0.2, 0) is 6.18 Å². The quantitative estimate of drug-likeness (QED) is 0.861. The molecule has 2 heterocycles. The molecule has 2 aromatic rings. The minimum absolute atomic E-state index is 0.465. The van der Waals surface area contributed by atoms with E-state index in [0.717, 1.165) is 12.1 Å². The van der Waals surface area contributed by atoms with E-state index in [0.29, 0.717) is 43.5 Å². The van der Waals surface area contributed by atoms with Crippen molar-refractivity contribution in [1.29, 1.82) is 5.26 Å². The summed E-state index contributed by atoms with van der Waals surface area (Å²) < 4.78 is 37.9.